The van der Waals surface area contributed by atoms with Crippen LogP contribution in [0.4, 0.5) is 0 Å². The predicted molar refractivity (Wildman–Crippen MR) is 100 cm³/mol. The van der Waals surface area contributed by atoms with Gasteiger partial charge in [-0.25, -0.2) is 4.68 Å². The number of hydrogen-bond donors (Lipinski definition) is 1. The molecule has 1 atom stereocenters. The fourth-order valence-electron chi connectivity index (χ4n) is 2.74. The van der Waals surface area contributed by atoms with E-state index < -0.39 is 6.04 Å². The van der Waals surface area contributed by atoms with Crippen molar-refractivity contribution in [1.29, 1.82) is 0 Å². The first-order chi connectivity index (χ1) is 13.1. The molecule has 0 unspecified atom stereocenters. The van der Waals surface area contributed by atoms with Gasteiger partial charge in [0, 0.05) is 11.6 Å². The van der Waals surface area contributed by atoms with Gasteiger partial charge in [0.1, 0.15) is 17.6 Å². The summed E-state index contributed by atoms with van der Waals surface area (Å²) in [5.41, 5.74) is 1.11. The maximum atomic E-state index is 12.6. The van der Waals surface area contributed by atoms with Gasteiger partial charge < -0.3 is 14.5 Å². The number of benzene rings is 1. The minimum absolute atomic E-state index is 0.259. The van der Waals surface area contributed by atoms with Gasteiger partial charge in [-0.2, -0.15) is 5.10 Å². The first-order valence-electron chi connectivity index (χ1n) is 8.66. The molecular formula is C20H21N3O4. The van der Waals surface area contributed by atoms with E-state index >= 15 is 0 Å². The van der Waals surface area contributed by atoms with Crippen LogP contribution >= 0.6 is 0 Å². The number of hydrogen-bond acceptors (Lipinski definition) is 5. The van der Waals surface area contributed by atoms with E-state index in [0.29, 0.717) is 17.9 Å². The molecule has 1 amide bonds. The number of amides is 1. The van der Waals surface area contributed by atoms with Crippen molar-refractivity contribution < 1.29 is 13.9 Å². The van der Waals surface area contributed by atoms with Gasteiger partial charge in [-0.15, -0.1) is 0 Å². The Morgan fingerprint density at radius 3 is 2.63 bits per heavy atom. The molecule has 27 heavy (non-hydrogen) atoms. The minimum atomic E-state index is -0.703. The Bertz CT molecular complexity index is 946. The van der Waals surface area contributed by atoms with Gasteiger partial charge >= 0.3 is 0 Å². The summed E-state index contributed by atoms with van der Waals surface area (Å²) in [6.45, 7) is 2.10. The van der Waals surface area contributed by atoms with Crippen molar-refractivity contribution >= 4 is 5.91 Å². The lowest BCUT2D eigenvalue weighted by Gasteiger charge is -2.17. The molecule has 0 aliphatic carbocycles. The summed E-state index contributed by atoms with van der Waals surface area (Å²) < 4.78 is 11.6. The summed E-state index contributed by atoms with van der Waals surface area (Å²) in [4.78, 5) is 24.9. The lowest BCUT2D eigenvalue weighted by atomic mass is 10.1. The number of furan rings is 1. The summed E-state index contributed by atoms with van der Waals surface area (Å²) in [6, 6.07) is 13.2. The quantitative estimate of drug-likeness (QED) is 0.694. The fraction of sp³-hybridized carbons (Fsp3) is 0.250. The van der Waals surface area contributed by atoms with E-state index in [-0.39, 0.29) is 18.0 Å². The van der Waals surface area contributed by atoms with E-state index in [1.54, 1.807) is 31.6 Å². The van der Waals surface area contributed by atoms with Crippen molar-refractivity contribution in [3.05, 3.63) is 70.9 Å². The zero-order valence-electron chi connectivity index (χ0n) is 15.2. The van der Waals surface area contributed by atoms with Crippen LogP contribution in [0.15, 0.2) is 64.0 Å². The number of nitrogens with one attached hydrogen (secondary N) is 1. The zero-order valence-corrected chi connectivity index (χ0v) is 15.2. The highest BCUT2D eigenvalue weighted by Gasteiger charge is 2.21. The number of aromatic nitrogens is 2. The van der Waals surface area contributed by atoms with Gasteiger partial charge in [0.2, 0.25) is 5.91 Å². The highest BCUT2D eigenvalue weighted by Crippen LogP contribution is 2.20. The summed E-state index contributed by atoms with van der Waals surface area (Å²) in [7, 11) is 1.60. The van der Waals surface area contributed by atoms with E-state index in [4.69, 9.17) is 9.15 Å². The van der Waals surface area contributed by atoms with E-state index in [1.807, 2.05) is 31.2 Å². The zero-order chi connectivity index (χ0) is 19.2. The van der Waals surface area contributed by atoms with Crippen LogP contribution in [-0.4, -0.2) is 22.8 Å². The fourth-order valence-corrected chi connectivity index (χ4v) is 2.74. The monoisotopic (exact) mass is 367 g/mol. The van der Waals surface area contributed by atoms with Crippen molar-refractivity contribution in [3.63, 3.8) is 0 Å². The Morgan fingerprint density at radius 1 is 1.22 bits per heavy atom. The van der Waals surface area contributed by atoms with Gasteiger partial charge in [0.25, 0.3) is 5.56 Å². The van der Waals surface area contributed by atoms with Crippen LogP contribution in [0.1, 0.15) is 25.1 Å². The average Bonchev–Trinajstić information content (AvgIpc) is 3.22. The normalized spacial score (nSPS) is 11.8. The Labute approximate surface area is 156 Å². The molecule has 1 aromatic carbocycles. The molecule has 0 saturated heterocycles. The van der Waals surface area contributed by atoms with Crippen molar-refractivity contribution in [1.82, 2.24) is 15.1 Å². The van der Waals surface area contributed by atoms with Gasteiger partial charge in [-0.3, -0.25) is 9.59 Å². The summed E-state index contributed by atoms with van der Waals surface area (Å²) in [5, 5.41) is 7.20. The SMILES string of the molecule is CC[C@H](C(=O)NCc1ccco1)n1nc(-c2ccc(OC)cc2)ccc1=O. The molecule has 2 heterocycles. The standard InChI is InChI=1S/C20H21N3O4/c1-3-18(20(25)21-13-16-5-4-12-27-16)23-19(24)11-10-17(22-23)14-6-8-15(26-2)9-7-14/h4-12,18H,3,13H2,1-2H3,(H,21,25)/t18-/m1/s1. The third kappa shape index (κ3) is 4.25. The largest absolute Gasteiger partial charge is 0.497 e. The first kappa shape index (κ1) is 18.4. The van der Waals surface area contributed by atoms with E-state index in [1.165, 1.54) is 10.7 Å². The van der Waals surface area contributed by atoms with Gasteiger partial charge in [-0.05, 0) is 48.9 Å². The third-order valence-electron chi connectivity index (χ3n) is 4.21. The van der Waals surface area contributed by atoms with E-state index in [2.05, 4.69) is 10.4 Å². The summed E-state index contributed by atoms with van der Waals surface area (Å²) in [6.07, 6.45) is 1.98. The van der Waals surface area contributed by atoms with Gasteiger partial charge in [0.05, 0.1) is 25.6 Å². The highest BCUT2D eigenvalue weighted by atomic mass is 16.5. The van der Waals surface area contributed by atoms with Crippen LogP contribution in [0.3, 0.4) is 0 Å². The molecule has 0 aliphatic rings. The van der Waals surface area contributed by atoms with E-state index in [0.717, 1.165) is 11.3 Å². The molecule has 1 N–H and O–H groups in total. The number of ether oxygens (including phenoxy) is 1. The number of nitrogens with zero attached hydrogens (tertiary/aromatic N) is 2. The van der Waals surface area contributed by atoms with Crippen LogP contribution in [0.25, 0.3) is 11.3 Å². The molecule has 0 saturated carbocycles. The van der Waals surface area contributed by atoms with Crippen LogP contribution in [0, 0.1) is 0 Å². The molecule has 0 bridgehead atoms. The molecule has 3 rings (SSSR count). The predicted octanol–water partition coefficient (Wildman–Crippen LogP) is 2.78. The van der Waals surface area contributed by atoms with Crippen molar-refractivity contribution in [2.75, 3.05) is 7.11 Å². The average molecular weight is 367 g/mol. The minimum Gasteiger partial charge on any atom is -0.497 e. The molecule has 140 valence electrons. The lowest BCUT2D eigenvalue weighted by molar-refractivity contribution is -0.125. The van der Waals surface area contributed by atoms with Crippen molar-refractivity contribution in [2.45, 2.75) is 25.9 Å². The molecule has 0 radical (unpaired) electrons. The Hall–Kier alpha value is -3.35. The maximum Gasteiger partial charge on any atom is 0.267 e. The van der Waals surface area contributed by atoms with Crippen LogP contribution in [0.5, 0.6) is 5.75 Å². The molecule has 7 nitrogen and oxygen atoms in total. The Morgan fingerprint density at radius 2 is 2.00 bits per heavy atom. The summed E-state index contributed by atoms with van der Waals surface area (Å²) in [5.74, 6) is 1.09. The molecule has 0 fully saturated rings. The van der Waals surface area contributed by atoms with Crippen LogP contribution in [0.2, 0.25) is 0 Å². The second-order valence-electron chi connectivity index (χ2n) is 5.95. The third-order valence-corrected chi connectivity index (χ3v) is 4.21. The number of methoxy groups -OCH3 is 1. The second-order valence-corrected chi connectivity index (χ2v) is 5.95. The lowest BCUT2D eigenvalue weighted by Crippen LogP contribution is -2.37. The second kappa shape index (κ2) is 8.35. The number of carbonyl (C=O) groups is 1. The van der Waals surface area contributed by atoms with Gasteiger partial charge in [-0.1, -0.05) is 6.92 Å². The summed E-state index contributed by atoms with van der Waals surface area (Å²) >= 11 is 0. The number of carbonyl (C=O) groups excluding carboxylic acids is 1. The van der Waals surface area contributed by atoms with Crippen LogP contribution < -0.4 is 15.6 Å². The topological polar surface area (TPSA) is 86.4 Å². The van der Waals surface area contributed by atoms with Gasteiger partial charge in [0.15, 0.2) is 0 Å². The van der Waals surface area contributed by atoms with E-state index in [9.17, 15) is 9.59 Å². The van der Waals surface area contributed by atoms with Crippen molar-refractivity contribution in [3.8, 4) is 17.0 Å². The Balaban J connectivity index is 1.84. The van der Waals surface area contributed by atoms with Crippen LogP contribution in [-0.2, 0) is 11.3 Å². The smallest absolute Gasteiger partial charge is 0.267 e. The molecule has 0 spiro atoms. The number of rotatable bonds is 7. The molecular weight excluding hydrogens is 346 g/mol. The Kier molecular flexibility index (Phi) is 5.71. The molecule has 7 heteroatoms. The first-order valence-corrected chi connectivity index (χ1v) is 8.66. The molecule has 3 aromatic rings. The molecule has 0 aliphatic heterocycles. The van der Waals surface area contributed by atoms with Crippen molar-refractivity contribution in [2.24, 2.45) is 0 Å². The maximum absolute atomic E-state index is 12.6. The highest BCUT2D eigenvalue weighted by molar-refractivity contribution is 5.80. The molecule has 2 aromatic heterocycles.